The van der Waals surface area contributed by atoms with Crippen LogP contribution in [0.15, 0.2) is 82.3 Å². The number of nitrogens with zero attached hydrogens (tertiary/aromatic N) is 2. The zero-order chi connectivity index (χ0) is 42.3. The SMILES string of the molecule is CCN1C(=CC=CC2=[N+](CCCCCC(=O)NCCCNC(=O)OC3C/C=C/CCCC3)c3ccc(S(=O)(=O)O)cc3C2(C)C)C(C)(C)c2cc(S(=O)(=O)O)ccc21. The first kappa shape index (κ1) is 44.8. The highest BCUT2D eigenvalue weighted by atomic mass is 32.2. The number of anilines is 1. The second kappa shape index (κ2) is 18.7. The Hall–Kier alpha value is -4.31. The molecule has 58 heavy (non-hydrogen) atoms. The van der Waals surface area contributed by atoms with Crippen molar-refractivity contribution in [1.29, 1.82) is 0 Å². The third kappa shape index (κ3) is 10.6. The molecule has 4 N–H and O–H groups in total. The van der Waals surface area contributed by atoms with Gasteiger partial charge in [-0.25, -0.2) is 4.79 Å². The van der Waals surface area contributed by atoms with E-state index >= 15 is 0 Å². The van der Waals surface area contributed by atoms with Crippen LogP contribution in [0, 0.1) is 0 Å². The summed E-state index contributed by atoms with van der Waals surface area (Å²) < 4.78 is 75.5. The lowest BCUT2D eigenvalue weighted by atomic mass is 9.81. The molecule has 15 heteroatoms. The van der Waals surface area contributed by atoms with Gasteiger partial charge in [-0.05, 0) is 108 Å². The molecular formula is C43H59N4O9S2+. The molecule has 0 aromatic heterocycles. The summed E-state index contributed by atoms with van der Waals surface area (Å²) in [6.45, 7) is 12.1. The number of alkyl carbamates (subject to hydrolysis) is 1. The summed E-state index contributed by atoms with van der Waals surface area (Å²) in [5.74, 6) is -0.0511. The molecule has 1 atom stereocenters. The fourth-order valence-electron chi connectivity index (χ4n) is 8.19. The normalized spacial score (nSPS) is 20.1. The quantitative estimate of drug-likeness (QED) is 0.0572. The minimum atomic E-state index is -4.43. The number of carbonyl (C=O) groups excluding carboxylic acids is 2. The number of nitrogens with one attached hydrogen (secondary N) is 2. The van der Waals surface area contributed by atoms with Gasteiger partial charge in [0.1, 0.15) is 12.6 Å². The minimum absolute atomic E-state index is 0.0511. The maximum absolute atomic E-state index is 12.6. The van der Waals surface area contributed by atoms with Crippen molar-refractivity contribution in [1.82, 2.24) is 10.6 Å². The predicted molar refractivity (Wildman–Crippen MR) is 225 cm³/mol. The van der Waals surface area contributed by atoms with Gasteiger partial charge in [0.25, 0.3) is 20.2 Å². The van der Waals surface area contributed by atoms with Crippen molar-refractivity contribution in [3.63, 3.8) is 0 Å². The molecule has 2 aromatic carbocycles. The van der Waals surface area contributed by atoms with Gasteiger partial charge >= 0.3 is 6.09 Å². The Balaban J connectivity index is 1.21. The van der Waals surface area contributed by atoms with Crippen LogP contribution in [0.25, 0.3) is 0 Å². The van der Waals surface area contributed by atoms with Crippen LogP contribution in [0.2, 0.25) is 0 Å². The third-order valence-electron chi connectivity index (χ3n) is 11.4. The van der Waals surface area contributed by atoms with E-state index in [4.69, 9.17) is 4.74 Å². The molecule has 0 bridgehead atoms. The number of likely N-dealkylation sites (N-methyl/N-ethyl adjacent to an activating group) is 1. The van der Waals surface area contributed by atoms with E-state index in [1.807, 2.05) is 52.8 Å². The van der Waals surface area contributed by atoms with E-state index in [-0.39, 0.29) is 21.8 Å². The summed E-state index contributed by atoms with van der Waals surface area (Å²) in [4.78, 5) is 26.6. The number of carbonyl (C=O) groups is 2. The monoisotopic (exact) mass is 839 g/mol. The van der Waals surface area contributed by atoms with E-state index in [2.05, 4.69) is 32.3 Å². The van der Waals surface area contributed by atoms with Crippen molar-refractivity contribution in [3.05, 3.63) is 83.6 Å². The number of allylic oxidation sites excluding steroid dienone is 5. The molecule has 0 saturated carbocycles. The lowest BCUT2D eigenvalue weighted by Crippen LogP contribution is -2.32. The van der Waals surface area contributed by atoms with Gasteiger partial charge in [0.2, 0.25) is 11.6 Å². The Morgan fingerprint density at radius 1 is 0.879 bits per heavy atom. The molecule has 2 aliphatic heterocycles. The second-order valence-corrected chi connectivity index (χ2v) is 19.1. The molecule has 2 heterocycles. The largest absolute Gasteiger partial charge is 0.446 e. The molecule has 2 aromatic rings. The van der Waals surface area contributed by atoms with Gasteiger partial charge in [0, 0.05) is 73.4 Å². The molecule has 3 aliphatic rings. The fraction of sp³-hybridized carbons (Fsp3) is 0.512. The maximum Gasteiger partial charge on any atom is 0.407 e. The number of benzene rings is 2. The van der Waals surface area contributed by atoms with Crippen molar-refractivity contribution in [2.24, 2.45) is 0 Å². The van der Waals surface area contributed by atoms with Gasteiger partial charge in [0.05, 0.1) is 15.2 Å². The molecule has 5 rings (SSSR count). The zero-order valence-corrected chi connectivity index (χ0v) is 35.9. The topological polar surface area (TPSA) is 182 Å². The highest BCUT2D eigenvalue weighted by molar-refractivity contribution is 7.86. The van der Waals surface area contributed by atoms with Crippen molar-refractivity contribution < 1.29 is 44.8 Å². The lowest BCUT2D eigenvalue weighted by Gasteiger charge is -2.25. The van der Waals surface area contributed by atoms with Gasteiger partial charge in [-0.15, -0.1) is 0 Å². The molecule has 0 radical (unpaired) electrons. The number of hydrogen-bond donors (Lipinski definition) is 4. The fourth-order valence-corrected chi connectivity index (χ4v) is 9.20. The number of hydrogen-bond acceptors (Lipinski definition) is 8. The Morgan fingerprint density at radius 3 is 2.28 bits per heavy atom. The van der Waals surface area contributed by atoms with Crippen LogP contribution in [0.5, 0.6) is 0 Å². The Bertz CT molecular complexity index is 2210. The number of amides is 2. The van der Waals surface area contributed by atoms with Crippen molar-refractivity contribution in [2.75, 3.05) is 31.1 Å². The first-order valence-corrected chi connectivity index (χ1v) is 23.1. The van der Waals surface area contributed by atoms with Crippen LogP contribution >= 0.6 is 0 Å². The first-order valence-electron chi connectivity index (χ1n) is 20.3. The van der Waals surface area contributed by atoms with Crippen LogP contribution in [-0.2, 0) is 40.6 Å². The summed E-state index contributed by atoms with van der Waals surface area (Å²) in [6.07, 6.45) is 17.6. The average Bonchev–Trinajstić information content (AvgIpc) is 3.49. The summed E-state index contributed by atoms with van der Waals surface area (Å²) in [5.41, 5.74) is 3.89. The van der Waals surface area contributed by atoms with E-state index in [0.29, 0.717) is 45.4 Å². The molecule has 1 unspecified atom stereocenters. The van der Waals surface area contributed by atoms with Crippen LogP contribution in [0.1, 0.15) is 110 Å². The van der Waals surface area contributed by atoms with Crippen LogP contribution in [0.3, 0.4) is 0 Å². The minimum Gasteiger partial charge on any atom is -0.446 e. The summed E-state index contributed by atoms with van der Waals surface area (Å²) in [7, 11) is -8.81. The van der Waals surface area contributed by atoms with E-state index in [0.717, 1.165) is 78.9 Å². The third-order valence-corrected chi connectivity index (χ3v) is 13.1. The molecule has 0 fully saturated rings. The number of rotatable bonds is 16. The molecule has 0 saturated heterocycles. The van der Waals surface area contributed by atoms with Gasteiger partial charge in [0.15, 0.2) is 5.71 Å². The Morgan fingerprint density at radius 2 is 1.57 bits per heavy atom. The predicted octanol–water partition coefficient (Wildman–Crippen LogP) is 7.50. The lowest BCUT2D eigenvalue weighted by molar-refractivity contribution is -0.438. The molecule has 13 nitrogen and oxygen atoms in total. The van der Waals surface area contributed by atoms with E-state index < -0.39 is 37.2 Å². The molecule has 2 amide bonds. The van der Waals surface area contributed by atoms with Gasteiger partial charge in [-0.1, -0.05) is 32.1 Å². The number of fused-ring (bicyclic) bond motifs is 2. The summed E-state index contributed by atoms with van der Waals surface area (Å²) in [6, 6.07) is 9.30. The highest BCUT2D eigenvalue weighted by Crippen LogP contribution is 2.48. The Labute approximate surface area is 343 Å². The van der Waals surface area contributed by atoms with Gasteiger partial charge < -0.3 is 20.3 Å². The smallest absolute Gasteiger partial charge is 0.407 e. The number of unbranched alkanes of at least 4 members (excludes halogenated alkanes) is 2. The average molecular weight is 840 g/mol. The van der Waals surface area contributed by atoms with E-state index in [1.54, 1.807) is 12.1 Å². The first-order chi connectivity index (χ1) is 27.4. The van der Waals surface area contributed by atoms with Crippen molar-refractivity contribution in [2.45, 2.75) is 126 Å². The molecule has 316 valence electrons. The van der Waals surface area contributed by atoms with Gasteiger partial charge in [-0.2, -0.15) is 21.4 Å². The second-order valence-electron chi connectivity index (χ2n) is 16.2. The van der Waals surface area contributed by atoms with E-state index in [9.17, 15) is 35.5 Å². The molecular weight excluding hydrogens is 781 g/mol. The standard InChI is InChI=1S/C43H58N4O9S2/c1-6-46-36-24-22-32(57(50,51)52)29-34(36)42(2,3)38(46)19-15-20-39-43(4,5)35-30-33(58(53,54)55)23-25-37(35)47(39)28-14-10-13-21-40(48)44-26-16-27-45-41(49)56-31-17-11-8-7-9-12-18-31/h8,11,15,19-20,22-25,29-31H,6-7,9-10,12-14,16-18,21,26-28H2,1-5H3,(H3-,44,45,48,49,50,51,52,53,54,55)/p+1/b11-8+. The summed E-state index contributed by atoms with van der Waals surface area (Å²) >= 11 is 0. The maximum atomic E-state index is 12.6. The summed E-state index contributed by atoms with van der Waals surface area (Å²) in [5, 5.41) is 5.70. The van der Waals surface area contributed by atoms with Crippen molar-refractivity contribution >= 4 is 49.3 Å². The van der Waals surface area contributed by atoms with Gasteiger partial charge in [-0.3, -0.25) is 13.9 Å². The highest BCUT2D eigenvalue weighted by Gasteiger charge is 2.45. The van der Waals surface area contributed by atoms with Crippen LogP contribution in [0.4, 0.5) is 16.2 Å². The zero-order valence-electron chi connectivity index (χ0n) is 34.3. The Kier molecular flexibility index (Phi) is 14.5. The van der Waals surface area contributed by atoms with E-state index in [1.165, 1.54) is 24.3 Å². The van der Waals surface area contributed by atoms with Crippen LogP contribution in [-0.4, -0.2) is 80.5 Å². The number of ether oxygens (including phenoxy) is 1. The molecule has 1 aliphatic carbocycles. The van der Waals surface area contributed by atoms with Crippen LogP contribution < -0.4 is 15.5 Å². The molecule has 0 spiro atoms. The van der Waals surface area contributed by atoms with Crippen molar-refractivity contribution in [3.8, 4) is 0 Å².